The van der Waals surface area contributed by atoms with Gasteiger partial charge in [-0.2, -0.15) is 10.4 Å². The molecule has 1 fully saturated rings. The first-order valence-corrected chi connectivity index (χ1v) is 14.2. The molecule has 0 aliphatic carbocycles. The molecule has 3 aromatic carbocycles. The second-order valence-electron chi connectivity index (χ2n) is 10.7. The van der Waals surface area contributed by atoms with Gasteiger partial charge in [0.15, 0.2) is 5.82 Å². The fourth-order valence-electron chi connectivity index (χ4n) is 5.70. The standard InChI is InChI=1S/C34H33N5O4/c1-33(42-21-27-15-9-4-10-16-27)31(41-20-26-13-7-3-8-14-26)29(22-40-19-25-11-5-2-6-12-25)43-34(33,23-35)30-18-17-28-32(36)37-24-38-39(28)30/h2-18,24,29,31H,19-22H2,1H3,(H2,36,37,38)/t29-,31?,33-,34?/m1/s1. The average molecular weight is 576 g/mol. The highest BCUT2D eigenvalue weighted by Crippen LogP contribution is 2.51. The molecule has 1 saturated heterocycles. The first-order chi connectivity index (χ1) is 21.0. The molecule has 6 rings (SSSR count). The molecule has 2 aromatic heterocycles. The third-order valence-electron chi connectivity index (χ3n) is 7.96. The first-order valence-electron chi connectivity index (χ1n) is 14.2. The zero-order valence-corrected chi connectivity index (χ0v) is 23.9. The van der Waals surface area contributed by atoms with Crippen LogP contribution in [0, 0.1) is 11.3 Å². The number of anilines is 1. The lowest BCUT2D eigenvalue weighted by atomic mass is 9.79. The van der Waals surface area contributed by atoms with Crippen molar-refractivity contribution in [3.05, 3.63) is 132 Å². The van der Waals surface area contributed by atoms with Crippen LogP contribution in [-0.2, 0) is 44.4 Å². The lowest BCUT2D eigenvalue weighted by Gasteiger charge is -2.39. The molecule has 9 nitrogen and oxygen atoms in total. The number of ether oxygens (including phenoxy) is 4. The molecule has 3 heterocycles. The molecule has 2 unspecified atom stereocenters. The summed E-state index contributed by atoms with van der Waals surface area (Å²) in [5.41, 5.74) is 7.22. The van der Waals surface area contributed by atoms with Crippen molar-refractivity contribution in [1.29, 1.82) is 5.26 Å². The summed E-state index contributed by atoms with van der Waals surface area (Å²) in [4.78, 5) is 4.12. The minimum absolute atomic E-state index is 0.169. The highest BCUT2D eigenvalue weighted by atomic mass is 16.6. The van der Waals surface area contributed by atoms with Crippen molar-refractivity contribution in [2.24, 2.45) is 0 Å². The van der Waals surface area contributed by atoms with E-state index in [4.69, 9.17) is 24.7 Å². The topological polar surface area (TPSA) is 117 Å². The summed E-state index contributed by atoms with van der Waals surface area (Å²) in [5.74, 6) is 0.291. The molecular formula is C34H33N5O4. The normalized spacial score (nSPS) is 23.3. The summed E-state index contributed by atoms with van der Waals surface area (Å²) in [6.45, 7) is 2.94. The number of hydrogen-bond donors (Lipinski definition) is 1. The Labute approximate surface area is 250 Å². The zero-order chi connectivity index (χ0) is 29.7. The Bertz CT molecular complexity index is 1690. The fraction of sp³-hybridized carbons (Fsp3) is 0.265. The summed E-state index contributed by atoms with van der Waals surface area (Å²) in [5, 5.41) is 15.5. The van der Waals surface area contributed by atoms with E-state index in [1.165, 1.54) is 6.33 Å². The Morgan fingerprint density at radius 3 is 2.09 bits per heavy atom. The third-order valence-corrected chi connectivity index (χ3v) is 7.96. The number of aromatic nitrogens is 3. The van der Waals surface area contributed by atoms with Crippen LogP contribution < -0.4 is 5.73 Å². The van der Waals surface area contributed by atoms with Crippen LogP contribution in [0.25, 0.3) is 5.52 Å². The van der Waals surface area contributed by atoms with Crippen molar-refractivity contribution in [2.45, 2.75) is 50.2 Å². The fourth-order valence-corrected chi connectivity index (χ4v) is 5.70. The monoisotopic (exact) mass is 575 g/mol. The predicted molar refractivity (Wildman–Crippen MR) is 160 cm³/mol. The van der Waals surface area contributed by atoms with Gasteiger partial charge >= 0.3 is 0 Å². The lowest BCUT2D eigenvalue weighted by molar-refractivity contribution is -0.168. The lowest BCUT2D eigenvalue weighted by Crippen LogP contribution is -2.55. The average Bonchev–Trinajstić information content (AvgIpc) is 3.59. The minimum Gasteiger partial charge on any atom is -0.382 e. The quantitative estimate of drug-likeness (QED) is 0.228. The largest absolute Gasteiger partial charge is 0.382 e. The van der Waals surface area contributed by atoms with Crippen LogP contribution in [0.2, 0.25) is 0 Å². The van der Waals surface area contributed by atoms with Gasteiger partial charge in [0.1, 0.15) is 35.7 Å². The Kier molecular flexibility index (Phi) is 8.18. The zero-order valence-electron chi connectivity index (χ0n) is 23.9. The Morgan fingerprint density at radius 2 is 1.47 bits per heavy atom. The molecule has 0 bridgehead atoms. The number of nitrogens with zero attached hydrogens (tertiary/aromatic N) is 4. The molecule has 0 spiro atoms. The van der Waals surface area contributed by atoms with Crippen LogP contribution in [0.15, 0.2) is 109 Å². The minimum atomic E-state index is -1.64. The van der Waals surface area contributed by atoms with Crippen LogP contribution in [0.5, 0.6) is 0 Å². The number of nitrogens with two attached hydrogens (primary N) is 1. The number of hydrogen-bond acceptors (Lipinski definition) is 8. The number of rotatable bonds is 11. The predicted octanol–water partition coefficient (Wildman–Crippen LogP) is 5.21. The molecular weight excluding hydrogens is 542 g/mol. The van der Waals surface area contributed by atoms with E-state index in [1.807, 2.05) is 97.9 Å². The van der Waals surface area contributed by atoms with E-state index in [-0.39, 0.29) is 13.2 Å². The van der Waals surface area contributed by atoms with Gasteiger partial charge in [0.25, 0.3) is 0 Å². The van der Waals surface area contributed by atoms with Crippen LogP contribution >= 0.6 is 0 Å². The number of benzene rings is 3. The highest BCUT2D eigenvalue weighted by Gasteiger charge is 2.68. The summed E-state index contributed by atoms with van der Waals surface area (Å²) in [7, 11) is 0. The van der Waals surface area contributed by atoms with Crippen molar-refractivity contribution in [1.82, 2.24) is 14.6 Å². The summed E-state index contributed by atoms with van der Waals surface area (Å²) >= 11 is 0. The SMILES string of the molecule is C[C@@]1(OCc2ccccc2)C(OCc2ccccc2)[C@@H](COCc2ccccc2)OC1(C#N)c1ccc2c(N)ncnn12. The summed E-state index contributed by atoms with van der Waals surface area (Å²) in [6.07, 6.45) is 0.00636. The Balaban J connectivity index is 1.41. The number of nitrogen functional groups attached to an aromatic ring is 1. The van der Waals surface area contributed by atoms with Gasteiger partial charge in [-0.05, 0) is 35.7 Å². The third kappa shape index (κ3) is 5.49. The Morgan fingerprint density at radius 1 is 0.860 bits per heavy atom. The van der Waals surface area contributed by atoms with Crippen molar-refractivity contribution < 1.29 is 18.9 Å². The van der Waals surface area contributed by atoms with Crippen LogP contribution in [0.1, 0.15) is 29.3 Å². The van der Waals surface area contributed by atoms with E-state index >= 15 is 0 Å². The molecule has 5 aromatic rings. The van der Waals surface area contributed by atoms with Gasteiger partial charge in [0, 0.05) is 0 Å². The van der Waals surface area contributed by atoms with Gasteiger partial charge < -0.3 is 24.7 Å². The van der Waals surface area contributed by atoms with Crippen molar-refractivity contribution in [3.8, 4) is 6.07 Å². The van der Waals surface area contributed by atoms with Gasteiger partial charge in [-0.1, -0.05) is 91.0 Å². The maximum absolute atomic E-state index is 11.0. The van der Waals surface area contributed by atoms with Crippen LogP contribution in [0.4, 0.5) is 5.82 Å². The van der Waals surface area contributed by atoms with Crippen molar-refractivity contribution in [2.75, 3.05) is 12.3 Å². The molecule has 1 aliphatic rings. The van der Waals surface area contributed by atoms with Crippen LogP contribution in [0.3, 0.4) is 0 Å². The summed E-state index contributed by atoms with van der Waals surface area (Å²) in [6, 6.07) is 35.7. The van der Waals surface area contributed by atoms with E-state index < -0.39 is 23.4 Å². The van der Waals surface area contributed by atoms with Gasteiger partial charge in [-0.25, -0.2) is 9.50 Å². The summed E-state index contributed by atoms with van der Waals surface area (Å²) < 4.78 is 28.0. The van der Waals surface area contributed by atoms with Crippen LogP contribution in [-0.4, -0.2) is 39.0 Å². The van der Waals surface area contributed by atoms with E-state index in [0.29, 0.717) is 30.2 Å². The number of nitriles is 1. The van der Waals surface area contributed by atoms with Crippen molar-refractivity contribution in [3.63, 3.8) is 0 Å². The van der Waals surface area contributed by atoms with E-state index in [9.17, 15) is 5.26 Å². The van der Waals surface area contributed by atoms with Gasteiger partial charge in [0.2, 0.25) is 5.60 Å². The molecule has 218 valence electrons. The molecule has 0 saturated carbocycles. The molecule has 0 amide bonds. The number of fused-ring (bicyclic) bond motifs is 1. The molecule has 9 heteroatoms. The van der Waals surface area contributed by atoms with Gasteiger partial charge in [-0.3, -0.25) is 0 Å². The van der Waals surface area contributed by atoms with Gasteiger partial charge in [0.05, 0.1) is 32.1 Å². The second-order valence-corrected chi connectivity index (χ2v) is 10.7. The van der Waals surface area contributed by atoms with E-state index in [0.717, 1.165) is 16.7 Å². The maximum Gasteiger partial charge on any atom is 0.228 e. The van der Waals surface area contributed by atoms with E-state index in [2.05, 4.69) is 16.2 Å². The van der Waals surface area contributed by atoms with Gasteiger partial charge in [-0.15, -0.1) is 0 Å². The molecule has 43 heavy (non-hydrogen) atoms. The molecule has 1 aliphatic heterocycles. The smallest absolute Gasteiger partial charge is 0.228 e. The molecule has 2 N–H and O–H groups in total. The molecule has 0 radical (unpaired) electrons. The highest BCUT2D eigenvalue weighted by molar-refractivity contribution is 5.66. The van der Waals surface area contributed by atoms with E-state index in [1.54, 1.807) is 16.6 Å². The van der Waals surface area contributed by atoms with Crippen molar-refractivity contribution >= 4 is 11.3 Å². The maximum atomic E-state index is 11.0. The molecule has 4 atom stereocenters. The first kappa shape index (κ1) is 28.5. The second kappa shape index (κ2) is 12.3. The Hall–Kier alpha value is -4.59.